The van der Waals surface area contributed by atoms with Gasteiger partial charge in [-0.25, -0.2) is 0 Å². The smallest absolute Gasteiger partial charge is 0.120 e. The first-order valence-corrected chi connectivity index (χ1v) is 7.12. The summed E-state index contributed by atoms with van der Waals surface area (Å²) >= 11 is 0. The Morgan fingerprint density at radius 1 is 1.16 bits per heavy atom. The van der Waals surface area contributed by atoms with Gasteiger partial charge in [0.1, 0.15) is 11.9 Å². The number of hydrogen-bond donors (Lipinski definition) is 0. The molecule has 2 aromatic rings. The van der Waals surface area contributed by atoms with Crippen molar-refractivity contribution in [3.8, 4) is 5.75 Å². The van der Waals surface area contributed by atoms with Crippen LogP contribution >= 0.6 is 0 Å². The minimum atomic E-state index is 0.372. The fourth-order valence-electron chi connectivity index (χ4n) is 3.35. The molecule has 1 aromatic heterocycles. The van der Waals surface area contributed by atoms with Crippen molar-refractivity contribution in [3.63, 3.8) is 0 Å². The van der Waals surface area contributed by atoms with Gasteiger partial charge in [-0.15, -0.1) is 0 Å². The lowest BCUT2D eigenvalue weighted by Crippen LogP contribution is -2.52. The number of fused-ring (bicyclic) bond motifs is 4. The van der Waals surface area contributed by atoms with Crippen LogP contribution in [0.15, 0.2) is 36.5 Å². The van der Waals surface area contributed by atoms with Crippen LogP contribution in [0.3, 0.4) is 0 Å². The number of rotatable bonds is 2. The summed E-state index contributed by atoms with van der Waals surface area (Å²) in [6, 6.07) is 10.3. The summed E-state index contributed by atoms with van der Waals surface area (Å²) in [6.45, 7) is 3.61. The number of piperidine rings is 3. The average molecular weight is 254 g/mol. The van der Waals surface area contributed by atoms with Gasteiger partial charge in [0, 0.05) is 18.1 Å². The molecule has 3 aliphatic heterocycles. The van der Waals surface area contributed by atoms with Crippen LogP contribution in [0.25, 0.3) is 10.9 Å². The van der Waals surface area contributed by atoms with Gasteiger partial charge in [-0.2, -0.15) is 0 Å². The van der Waals surface area contributed by atoms with Crippen LogP contribution < -0.4 is 4.74 Å². The maximum atomic E-state index is 6.23. The van der Waals surface area contributed by atoms with Gasteiger partial charge in [0.15, 0.2) is 0 Å². The SMILES string of the molecule is c1cnc2ccc(OC3CN4CCC3CC4)cc2c1. The molecular weight excluding hydrogens is 236 g/mol. The van der Waals surface area contributed by atoms with Crippen molar-refractivity contribution in [3.05, 3.63) is 36.5 Å². The van der Waals surface area contributed by atoms with E-state index in [1.165, 1.54) is 25.9 Å². The van der Waals surface area contributed by atoms with Gasteiger partial charge in [-0.1, -0.05) is 6.07 Å². The van der Waals surface area contributed by atoms with E-state index in [1.807, 2.05) is 24.4 Å². The summed E-state index contributed by atoms with van der Waals surface area (Å²) in [6.07, 6.45) is 4.78. The summed E-state index contributed by atoms with van der Waals surface area (Å²) in [5.74, 6) is 1.73. The first-order valence-electron chi connectivity index (χ1n) is 7.12. The molecule has 0 N–H and O–H groups in total. The molecule has 1 unspecified atom stereocenters. The van der Waals surface area contributed by atoms with E-state index in [0.29, 0.717) is 6.10 Å². The number of benzene rings is 1. The molecule has 3 fully saturated rings. The summed E-state index contributed by atoms with van der Waals surface area (Å²) in [7, 11) is 0. The number of ether oxygens (including phenoxy) is 1. The molecule has 3 nitrogen and oxygen atoms in total. The lowest BCUT2D eigenvalue weighted by Gasteiger charge is -2.44. The van der Waals surface area contributed by atoms with Crippen LogP contribution in [0.4, 0.5) is 0 Å². The van der Waals surface area contributed by atoms with Crippen LogP contribution in [0.1, 0.15) is 12.8 Å². The minimum absolute atomic E-state index is 0.372. The zero-order valence-electron chi connectivity index (χ0n) is 11.0. The Balaban J connectivity index is 1.58. The summed E-state index contributed by atoms with van der Waals surface area (Å²) in [5.41, 5.74) is 1.03. The van der Waals surface area contributed by atoms with Crippen LogP contribution in [0.5, 0.6) is 5.75 Å². The lowest BCUT2D eigenvalue weighted by molar-refractivity contribution is -0.00769. The third kappa shape index (κ3) is 2.08. The van der Waals surface area contributed by atoms with Crippen molar-refractivity contribution >= 4 is 10.9 Å². The molecule has 1 atom stereocenters. The van der Waals surface area contributed by atoms with Crippen molar-refractivity contribution < 1.29 is 4.74 Å². The van der Waals surface area contributed by atoms with E-state index < -0.39 is 0 Å². The third-order valence-corrected chi connectivity index (χ3v) is 4.46. The molecule has 0 radical (unpaired) electrons. The Hall–Kier alpha value is -1.61. The van der Waals surface area contributed by atoms with E-state index in [-0.39, 0.29) is 0 Å². The predicted octanol–water partition coefficient (Wildman–Crippen LogP) is 2.71. The van der Waals surface area contributed by atoms with Crippen LogP contribution in [0.2, 0.25) is 0 Å². The average Bonchev–Trinajstić information content (AvgIpc) is 2.48. The zero-order chi connectivity index (χ0) is 12.7. The van der Waals surface area contributed by atoms with E-state index in [1.54, 1.807) is 0 Å². The minimum Gasteiger partial charge on any atom is -0.489 e. The number of pyridine rings is 1. The van der Waals surface area contributed by atoms with Gasteiger partial charge >= 0.3 is 0 Å². The second kappa shape index (κ2) is 4.49. The van der Waals surface area contributed by atoms with Crippen molar-refractivity contribution in [1.29, 1.82) is 0 Å². The van der Waals surface area contributed by atoms with Crippen molar-refractivity contribution in [1.82, 2.24) is 9.88 Å². The van der Waals surface area contributed by atoms with Crippen LogP contribution in [0, 0.1) is 5.92 Å². The summed E-state index contributed by atoms with van der Waals surface area (Å²) < 4.78 is 6.23. The highest BCUT2D eigenvalue weighted by Gasteiger charge is 2.35. The molecular formula is C16H18N2O. The Labute approximate surface area is 113 Å². The second-order valence-electron chi connectivity index (χ2n) is 5.65. The number of hydrogen-bond acceptors (Lipinski definition) is 3. The maximum absolute atomic E-state index is 6.23. The molecule has 0 aliphatic carbocycles. The lowest BCUT2D eigenvalue weighted by atomic mass is 9.86. The fraction of sp³-hybridized carbons (Fsp3) is 0.438. The highest BCUT2D eigenvalue weighted by molar-refractivity contribution is 5.79. The molecule has 0 saturated carbocycles. The molecule has 3 aliphatic rings. The standard InChI is InChI=1S/C16H18N2O/c1-2-13-10-14(3-4-15(13)17-7-1)19-16-11-18-8-5-12(16)6-9-18/h1-4,7,10,12,16H,5-6,8-9,11H2. The molecule has 5 rings (SSSR count). The van der Waals surface area contributed by atoms with Crippen LogP contribution in [-0.2, 0) is 0 Å². The van der Waals surface area contributed by atoms with Crippen molar-refractivity contribution in [2.45, 2.75) is 18.9 Å². The maximum Gasteiger partial charge on any atom is 0.120 e. The van der Waals surface area contributed by atoms with Gasteiger partial charge in [-0.05, 0) is 56.1 Å². The molecule has 19 heavy (non-hydrogen) atoms. The van der Waals surface area contributed by atoms with E-state index in [0.717, 1.165) is 29.1 Å². The topological polar surface area (TPSA) is 25.4 Å². The normalized spacial score (nSPS) is 29.6. The Kier molecular flexibility index (Phi) is 2.66. The fourth-order valence-corrected chi connectivity index (χ4v) is 3.35. The molecule has 4 heterocycles. The van der Waals surface area contributed by atoms with Gasteiger partial charge < -0.3 is 4.74 Å². The van der Waals surface area contributed by atoms with E-state index in [2.05, 4.69) is 22.0 Å². The molecule has 2 bridgehead atoms. The van der Waals surface area contributed by atoms with E-state index in [4.69, 9.17) is 4.74 Å². The highest BCUT2D eigenvalue weighted by Crippen LogP contribution is 2.31. The molecule has 98 valence electrons. The third-order valence-electron chi connectivity index (χ3n) is 4.46. The molecule has 3 heteroatoms. The monoisotopic (exact) mass is 254 g/mol. The summed E-state index contributed by atoms with van der Waals surface area (Å²) in [4.78, 5) is 6.86. The van der Waals surface area contributed by atoms with Gasteiger partial charge in [-0.3, -0.25) is 9.88 Å². The highest BCUT2D eigenvalue weighted by atomic mass is 16.5. The Morgan fingerprint density at radius 2 is 2.05 bits per heavy atom. The van der Waals surface area contributed by atoms with E-state index >= 15 is 0 Å². The molecule has 1 aromatic carbocycles. The first-order chi connectivity index (χ1) is 9.38. The van der Waals surface area contributed by atoms with Gasteiger partial charge in [0.05, 0.1) is 5.52 Å². The predicted molar refractivity (Wildman–Crippen MR) is 75.3 cm³/mol. The number of nitrogens with zero attached hydrogens (tertiary/aromatic N) is 2. The second-order valence-corrected chi connectivity index (χ2v) is 5.65. The number of aromatic nitrogens is 1. The largest absolute Gasteiger partial charge is 0.489 e. The molecule has 0 amide bonds. The summed E-state index contributed by atoms with van der Waals surface area (Å²) in [5, 5.41) is 1.15. The zero-order valence-corrected chi connectivity index (χ0v) is 11.0. The quantitative estimate of drug-likeness (QED) is 0.824. The molecule has 3 saturated heterocycles. The Bertz CT molecular complexity index is 590. The van der Waals surface area contributed by atoms with Gasteiger partial charge in [0.25, 0.3) is 0 Å². The van der Waals surface area contributed by atoms with E-state index in [9.17, 15) is 0 Å². The van der Waals surface area contributed by atoms with Crippen LogP contribution in [-0.4, -0.2) is 35.6 Å². The van der Waals surface area contributed by atoms with Gasteiger partial charge in [0.2, 0.25) is 0 Å². The first kappa shape index (κ1) is 11.2. The molecule has 0 spiro atoms. The Morgan fingerprint density at radius 3 is 2.84 bits per heavy atom. The van der Waals surface area contributed by atoms with Crippen molar-refractivity contribution in [2.24, 2.45) is 5.92 Å². The van der Waals surface area contributed by atoms with Crippen molar-refractivity contribution in [2.75, 3.05) is 19.6 Å².